The molecule has 0 radical (unpaired) electrons. The third-order valence-corrected chi connectivity index (χ3v) is 2.46. The van der Waals surface area contributed by atoms with Crippen molar-refractivity contribution in [1.82, 2.24) is 10.2 Å². The lowest BCUT2D eigenvalue weighted by atomic mass is 9.98. The molecule has 0 aromatic rings. The monoisotopic (exact) mass is 237 g/mol. The van der Waals surface area contributed by atoms with Crippen molar-refractivity contribution in [3.63, 3.8) is 0 Å². The number of nitriles is 1. The molecule has 6 heteroatoms. The van der Waals surface area contributed by atoms with E-state index in [0.717, 1.165) is 0 Å². The zero-order valence-corrected chi connectivity index (χ0v) is 9.86. The van der Waals surface area contributed by atoms with Crippen LogP contribution in [-0.4, -0.2) is 43.8 Å². The molecule has 0 bridgehead atoms. The Labute approximate surface area is 94.2 Å². The van der Waals surface area contributed by atoms with Gasteiger partial charge in [0.1, 0.15) is 5.54 Å². The number of hydrogen-bond acceptors (Lipinski definition) is 3. The first kappa shape index (κ1) is 15.2. The van der Waals surface area contributed by atoms with Crippen LogP contribution in [0.3, 0.4) is 0 Å². The van der Waals surface area contributed by atoms with Crippen molar-refractivity contribution in [3.05, 3.63) is 0 Å². The first-order chi connectivity index (χ1) is 7.22. The molecule has 1 N–H and O–H groups in total. The Kier molecular flexibility index (Phi) is 5.76. The third-order valence-electron chi connectivity index (χ3n) is 2.46. The van der Waals surface area contributed by atoms with Crippen molar-refractivity contribution < 1.29 is 13.2 Å². The van der Waals surface area contributed by atoms with E-state index in [1.165, 1.54) is 11.9 Å². The summed E-state index contributed by atoms with van der Waals surface area (Å²) in [7, 11) is 3.10. The van der Waals surface area contributed by atoms with E-state index in [2.05, 4.69) is 11.4 Å². The summed E-state index contributed by atoms with van der Waals surface area (Å²) < 4.78 is 36.0. The highest BCUT2D eigenvalue weighted by atomic mass is 19.4. The van der Waals surface area contributed by atoms with E-state index < -0.39 is 18.3 Å². The van der Waals surface area contributed by atoms with Gasteiger partial charge in [-0.15, -0.1) is 0 Å². The molecule has 0 amide bonds. The Bertz CT molecular complexity index is 247. The topological polar surface area (TPSA) is 39.1 Å². The fourth-order valence-corrected chi connectivity index (χ4v) is 1.32. The molecule has 0 spiro atoms. The number of nitrogens with zero attached hydrogens (tertiary/aromatic N) is 2. The molecule has 0 saturated carbocycles. The van der Waals surface area contributed by atoms with Crippen molar-refractivity contribution >= 4 is 0 Å². The van der Waals surface area contributed by atoms with E-state index in [0.29, 0.717) is 19.4 Å². The molecule has 0 aromatic carbocycles. The van der Waals surface area contributed by atoms with Crippen LogP contribution in [0, 0.1) is 11.3 Å². The van der Waals surface area contributed by atoms with Crippen LogP contribution in [0.1, 0.15) is 19.8 Å². The molecule has 16 heavy (non-hydrogen) atoms. The van der Waals surface area contributed by atoms with Crippen LogP contribution in [0.4, 0.5) is 13.2 Å². The second-order valence-electron chi connectivity index (χ2n) is 4.15. The molecule has 0 rings (SSSR count). The highest BCUT2D eigenvalue weighted by Crippen LogP contribution is 2.16. The van der Waals surface area contributed by atoms with Crippen LogP contribution in [0.25, 0.3) is 0 Å². The van der Waals surface area contributed by atoms with Gasteiger partial charge in [0.15, 0.2) is 0 Å². The summed E-state index contributed by atoms with van der Waals surface area (Å²) in [5.41, 5.74) is -0.654. The van der Waals surface area contributed by atoms with Gasteiger partial charge >= 0.3 is 6.18 Å². The molecule has 0 heterocycles. The van der Waals surface area contributed by atoms with Crippen LogP contribution in [0.5, 0.6) is 0 Å². The van der Waals surface area contributed by atoms with Crippen molar-refractivity contribution in [2.24, 2.45) is 0 Å². The molecule has 1 unspecified atom stereocenters. The smallest absolute Gasteiger partial charge is 0.303 e. The van der Waals surface area contributed by atoms with Gasteiger partial charge in [-0.1, -0.05) is 0 Å². The van der Waals surface area contributed by atoms with Crippen LogP contribution in [0.15, 0.2) is 0 Å². The summed E-state index contributed by atoms with van der Waals surface area (Å²) in [4.78, 5) is 1.22. The van der Waals surface area contributed by atoms with Crippen molar-refractivity contribution in [3.8, 4) is 6.07 Å². The zero-order valence-electron chi connectivity index (χ0n) is 9.86. The Morgan fingerprint density at radius 3 is 2.31 bits per heavy atom. The summed E-state index contributed by atoms with van der Waals surface area (Å²) in [5, 5.41) is 11.7. The van der Waals surface area contributed by atoms with E-state index >= 15 is 0 Å². The van der Waals surface area contributed by atoms with Gasteiger partial charge in [0.25, 0.3) is 0 Å². The average molecular weight is 237 g/mol. The van der Waals surface area contributed by atoms with E-state index in [9.17, 15) is 13.2 Å². The normalized spacial score (nSPS) is 15.9. The van der Waals surface area contributed by atoms with Crippen molar-refractivity contribution in [2.75, 3.05) is 27.2 Å². The highest BCUT2D eigenvalue weighted by molar-refractivity contribution is 5.02. The van der Waals surface area contributed by atoms with Gasteiger partial charge in [0.2, 0.25) is 0 Å². The molecule has 0 aromatic heterocycles. The van der Waals surface area contributed by atoms with Crippen LogP contribution < -0.4 is 5.32 Å². The first-order valence-electron chi connectivity index (χ1n) is 5.08. The Hall–Kier alpha value is -0.800. The van der Waals surface area contributed by atoms with E-state index in [1.807, 2.05) is 0 Å². The Morgan fingerprint density at radius 2 is 1.94 bits per heavy atom. The summed E-state index contributed by atoms with van der Waals surface area (Å²) in [6.07, 6.45) is -3.07. The molecular weight excluding hydrogens is 219 g/mol. The van der Waals surface area contributed by atoms with E-state index in [1.54, 1.807) is 14.0 Å². The molecule has 0 aliphatic heterocycles. The van der Waals surface area contributed by atoms with Gasteiger partial charge in [-0.3, -0.25) is 4.90 Å². The number of halogens is 3. The molecule has 0 aliphatic rings. The second-order valence-corrected chi connectivity index (χ2v) is 4.15. The van der Waals surface area contributed by atoms with Crippen LogP contribution >= 0.6 is 0 Å². The van der Waals surface area contributed by atoms with E-state index in [4.69, 9.17) is 5.26 Å². The van der Waals surface area contributed by atoms with Gasteiger partial charge in [0, 0.05) is 0 Å². The quantitative estimate of drug-likeness (QED) is 0.765. The molecular formula is C10H18F3N3. The molecule has 0 saturated heterocycles. The standard InChI is InChI=1S/C10H18F3N3/c1-9(7-14,15-2)5-4-6-16(3)8-10(11,12)13/h15H,4-6,8H2,1-3H3. The van der Waals surface area contributed by atoms with Gasteiger partial charge < -0.3 is 5.32 Å². The maximum atomic E-state index is 12.0. The van der Waals surface area contributed by atoms with E-state index in [-0.39, 0.29) is 0 Å². The van der Waals surface area contributed by atoms with Crippen LogP contribution in [-0.2, 0) is 0 Å². The lowest BCUT2D eigenvalue weighted by Gasteiger charge is -2.23. The van der Waals surface area contributed by atoms with Gasteiger partial charge in [-0.25, -0.2) is 0 Å². The number of hydrogen-bond donors (Lipinski definition) is 1. The minimum atomic E-state index is -4.16. The molecule has 3 nitrogen and oxygen atoms in total. The number of alkyl halides is 3. The molecule has 0 aliphatic carbocycles. The Morgan fingerprint density at radius 1 is 1.38 bits per heavy atom. The zero-order chi connectivity index (χ0) is 12.8. The van der Waals surface area contributed by atoms with Gasteiger partial charge in [-0.05, 0) is 40.4 Å². The average Bonchev–Trinajstić information content (AvgIpc) is 2.14. The maximum absolute atomic E-state index is 12.0. The molecule has 94 valence electrons. The fourth-order valence-electron chi connectivity index (χ4n) is 1.32. The lowest BCUT2D eigenvalue weighted by molar-refractivity contribution is -0.143. The SMILES string of the molecule is CNC(C)(C#N)CCCN(C)CC(F)(F)F. The predicted molar refractivity (Wildman–Crippen MR) is 55.9 cm³/mol. The summed E-state index contributed by atoms with van der Waals surface area (Å²) in [5.74, 6) is 0. The minimum absolute atomic E-state index is 0.332. The lowest BCUT2D eigenvalue weighted by Crippen LogP contribution is -2.39. The summed E-state index contributed by atoms with van der Waals surface area (Å²) >= 11 is 0. The summed E-state index contributed by atoms with van der Waals surface area (Å²) in [6.45, 7) is 1.16. The summed E-state index contributed by atoms with van der Waals surface area (Å²) in [6, 6.07) is 2.10. The number of nitrogens with one attached hydrogen (secondary N) is 1. The third kappa shape index (κ3) is 6.64. The van der Waals surface area contributed by atoms with Crippen molar-refractivity contribution in [1.29, 1.82) is 5.26 Å². The van der Waals surface area contributed by atoms with Gasteiger partial charge in [0.05, 0.1) is 12.6 Å². The van der Waals surface area contributed by atoms with Crippen LogP contribution in [0.2, 0.25) is 0 Å². The fraction of sp³-hybridized carbons (Fsp3) is 0.900. The molecule has 1 atom stereocenters. The predicted octanol–water partition coefficient (Wildman–Crippen LogP) is 1.76. The second kappa shape index (κ2) is 6.06. The maximum Gasteiger partial charge on any atom is 0.401 e. The Balaban J connectivity index is 3.87. The highest BCUT2D eigenvalue weighted by Gasteiger charge is 2.29. The molecule has 0 fully saturated rings. The minimum Gasteiger partial charge on any atom is -0.303 e. The van der Waals surface area contributed by atoms with Gasteiger partial charge in [-0.2, -0.15) is 18.4 Å². The first-order valence-corrected chi connectivity index (χ1v) is 5.08. The number of rotatable bonds is 6. The van der Waals surface area contributed by atoms with Crippen molar-refractivity contribution in [2.45, 2.75) is 31.5 Å². The largest absolute Gasteiger partial charge is 0.401 e.